The first-order chi connectivity index (χ1) is 18.7. The molecule has 4 aromatic rings. The Balaban J connectivity index is 1.45. The maximum Gasteiger partial charge on any atom is 0.407 e. The molecule has 11 heteroatoms. The molecule has 39 heavy (non-hydrogen) atoms. The number of Topliss-reactive ketones (excluding diaryl/α,β-unsaturated/α-hetero) is 1. The van der Waals surface area contributed by atoms with Gasteiger partial charge in [-0.1, -0.05) is 17.7 Å². The van der Waals surface area contributed by atoms with Crippen LogP contribution in [0.1, 0.15) is 23.7 Å². The first-order valence-electron chi connectivity index (χ1n) is 12.2. The summed E-state index contributed by atoms with van der Waals surface area (Å²) in [6.07, 6.45) is 3.22. The minimum atomic E-state index is -0.831. The number of ketones is 1. The van der Waals surface area contributed by atoms with Gasteiger partial charge in [0.15, 0.2) is 17.3 Å². The molecule has 5 rings (SSSR count). The van der Waals surface area contributed by atoms with E-state index in [1.165, 1.54) is 32.3 Å². The quantitative estimate of drug-likeness (QED) is 0.263. The molecule has 3 heterocycles. The minimum Gasteiger partial charge on any atom is -0.504 e. The number of aromatic nitrogens is 2. The van der Waals surface area contributed by atoms with Gasteiger partial charge in [-0.15, -0.1) is 0 Å². The van der Waals surface area contributed by atoms with Crippen molar-refractivity contribution >= 4 is 51.6 Å². The molecule has 0 saturated carbocycles. The molecule has 0 spiro atoms. The number of halogens is 2. The summed E-state index contributed by atoms with van der Waals surface area (Å²) in [7, 11) is 1.52. The number of carbonyl (C=O) groups is 2. The summed E-state index contributed by atoms with van der Waals surface area (Å²) in [6.45, 7) is 2.70. The van der Waals surface area contributed by atoms with Crippen LogP contribution in [0.15, 0.2) is 54.9 Å². The lowest BCUT2D eigenvalue weighted by atomic mass is 10.00. The fourth-order valence-corrected chi connectivity index (χ4v) is 4.75. The summed E-state index contributed by atoms with van der Waals surface area (Å²) >= 11 is 5.99. The first-order valence-corrected chi connectivity index (χ1v) is 12.6. The predicted octanol–water partition coefficient (Wildman–Crippen LogP) is 5.68. The van der Waals surface area contributed by atoms with E-state index in [4.69, 9.17) is 16.3 Å². The number of benzene rings is 2. The Labute approximate surface area is 228 Å². The number of anilines is 3. The maximum atomic E-state index is 14.2. The van der Waals surface area contributed by atoms with Crippen LogP contribution >= 0.6 is 11.6 Å². The number of ether oxygens (including phenoxy) is 1. The predicted molar refractivity (Wildman–Crippen MR) is 147 cm³/mol. The number of amides is 1. The summed E-state index contributed by atoms with van der Waals surface area (Å²) in [5, 5.41) is 16.0. The van der Waals surface area contributed by atoms with Gasteiger partial charge >= 0.3 is 6.09 Å². The molecular formula is C28H25ClFN5O4. The summed E-state index contributed by atoms with van der Waals surface area (Å²) in [4.78, 5) is 35.0. The van der Waals surface area contributed by atoms with Crippen LogP contribution in [0.2, 0.25) is 5.02 Å². The standard InChI is InChI=1S/C28H25ClFN5O4/c1-15(36)21-13-32-24-5-3-16(17-10-22(29)27(37)23(30)11-17)9-20(24)26(21)34-18-4-6-25(33-12-18)35-8-7-19(14-35)39-28(38)31-2/h3-6,9-13,19,37H,7-8,14H2,1-2H3,(H,31,38)(H,32,34). The topological polar surface area (TPSA) is 117 Å². The number of rotatable bonds is 6. The summed E-state index contributed by atoms with van der Waals surface area (Å²) in [5.74, 6) is -0.881. The molecule has 1 fully saturated rings. The number of nitrogens with one attached hydrogen (secondary N) is 2. The normalized spacial score (nSPS) is 14.9. The first kappa shape index (κ1) is 26.2. The van der Waals surface area contributed by atoms with Crippen LogP contribution in [0.4, 0.5) is 26.4 Å². The van der Waals surface area contributed by atoms with Gasteiger partial charge in [0.25, 0.3) is 0 Å². The summed E-state index contributed by atoms with van der Waals surface area (Å²) in [5.41, 5.74) is 3.29. The lowest BCUT2D eigenvalue weighted by molar-refractivity contribution is 0.101. The highest BCUT2D eigenvalue weighted by Crippen LogP contribution is 2.36. The van der Waals surface area contributed by atoms with E-state index < -0.39 is 17.7 Å². The van der Waals surface area contributed by atoms with Crippen LogP contribution in [0.5, 0.6) is 5.75 Å². The van der Waals surface area contributed by atoms with Gasteiger partial charge in [0.05, 0.1) is 40.2 Å². The van der Waals surface area contributed by atoms with Gasteiger partial charge in [-0.25, -0.2) is 14.2 Å². The highest BCUT2D eigenvalue weighted by atomic mass is 35.5. The van der Waals surface area contributed by atoms with Crippen molar-refractivity contribution in [3.63, 3.8) is 0 Å². The van der Waals surface area contributed by atoms with E-state index in [9.17, 15) is 19.1 Å². The number of hydrogen-bond acceptors (Lipinski definition) is 8. The van der Waals surface area contributed by atoms with Crippen LogP contribution in [0.25, 0.3) is 22.0 Å². The molecule has 9 nitrogen and oxygen atoms in total. The zero-order valence-corrected chi connectivity index (χ0v) is 21.9. The van der Waals surface area contributed by atoms with Gasteiger partial charge in [0, 0.05) is 31.6 Å². The zero-order chi connectivity index (χ0) is 27.7. The molecule has 1 unspecified atom stereocenters. The average Bonchev–Trinajstić information content (AvgIpc) is 3.39. The van der Waals surface area contributed by atoms with E-state index in [2.05, 4.69) is 20.6 Å². The Morgan fingerprint density at radius 2 is 1.95 bits per heavy atom. The van der Waals surface area contributed by atoms with E-state index in [1.54, 1.807) is 24.4 Å². The molecule has 3 N–H and O–H groups in total. The molecule has 2 aromatic heterocycles. The van der Waals surface area contributed by atoms with Gasteiger partial charge in [-0.05, 0) is 54.4 Å². The van der Waals surface area contributed by atoms with Crippen molar-refractivity contribution in [1.29, 1.82) is 0 Å². The van der Waals surface area contributed by atoms with Crippen LogP contribution in [0.3, 0.4) is 0 Å². The van der Waals surface area contributed by atoms with Gasteiger partial charge in [0.2, 0.25) is 0 Å². The third-order valence-electron chi connectivity index (χ3n) is 6.56. The molecule has 1 aliphatic rings. The second-order valence-corrected chi connectivity index (χ2v) is 9.57. The Bertz CT molecular complexity index is 1560. The van der Waals surface area contributed by atoms with E-state index >= 15 is 0 Å². The maximum absolute atomic E-state index is 14.2. The van der Waals surface area contributed by atoms with Gasteiger partial charge in [-0.2, -0.15) is 0 Å². The van der Waals surface area contributed by atoms with Crippen molar-refractivity contribution in [1.82, 2.24) is 15.3 Å². The number of phenolic OH excluding ortho intramolecular Hbond substituents is 1. The number of fused-ring (bicyclic) bond motifs is 1. The number of pyridine rings is 2. The van der Waals surface area contributed by atoms with Crippen molar-refractivity contribution < 1.29 is 23.8 Å². The largest absolute Gasteiger partial charge is 0.504 e. The highest BCUT2D eigenvalue weighted by molar-refractivity contribution is 6.32. The molecule has 1 aliphatic heterocycles. The van der Waals surface area contributed by atoms with E-state index in [-0.39, 0.29) is 16.9 Å². The lowest BCUT2D eigenvalue weighted by Crippen LogP contribution is -2.29. The van der Waals surface area contributed by atoms with E-state index in [0.717, 1.165) is 5.82 Å². The fourth-order valence-electron chi connectivity index (χ4n) is 4.54. The van der Waals surface area contributed by atoms with Crippen LogP contribution in [0, 0.1) is 5.82 Å². The SMILES string of the molecule is CNC(=O)OC1CCN(c2ccc(Nc3c(C(C)=O)cnc4ccc(-c5cc(F)c(O)c(Cl)c5)cc34)cn2)C1. The van der Waals surface area contributed by atoms with Gasteiger partial charge in [0.1, 0.15) is 11.9 Å². The second kappa shape index (κ2) is 10.7. The fraction of sp³-hybridized carbons (Fsp3) is 0.214. The Morgan fingerprint density at radius 3 is 2.64 bits per heavy atom. The van der Waals surface area contributed by atoms with Crippen molar-refractivity contribution in [2.45, 2.75) is 19.4 Å². The Hall–Kier alpha value is -4.44. The summed E-state index contributed by atoms with van der Waals surface area (Å²) in [6, 6.07) is 11.7. The average molecular weight is 550 g/mol. The molecule has 0 radical (unpaired) electrons. The number of carbonyl (C=O) groups excluding carboxylic acids is 2. The van der Waals surface area contributed by atoms with Gasteiger partial charge in [-0.3, -0.25) is 9.78 Å². The molecule has 0 aliphatic carbocycles. The van der Waals surface area contributed by atoms with Crippen LogP contribution in [-0.4, -0.2) is 53.2 Å². The number of phenols is 1. The van der Waals surface area contributed by atoms with Crippen LogP contribution in [-0.2, 0) is 4.74 Å². The molecule has 2 aromatic carbocycles. The minimum absolute atomic E-state index is 0.102. The molecule has 1 atom stereocenters. The van der Waals surface area contributed by atoms with Crippen molar-refractivity contribution in [2.24, 2.45) is 0 Å². The third-order valence-corrected chi connectivity index (χ3v) is 6.85. The molecule has 1 amide bonds. The van der Waals surface area contributed by atoms with Crippen LogP contribution < -0.4 is 15.5 Å². The number of alkyl carbamates (subject to hydrolysis) is 1. The Kier molecular flexibility index (Phi) is 7.21. The molecule has 0 bridgehead atoms. The Morgan fingerprint density at radius 1 is 1.13 bits per heavy atom. The third kappa shape index (κ3) is 5.42. The smallest absolute Gasteiger partial charge is 0.407 e. The van der Waals surface area contributed by atoms with Crippen molar-refractivity contribution in [3.05, 3.63) is 71.3 Å². The second-order valence-electron chi connectivity index (χ2n) is 9.17. The molecule has 200 valence electrons. The van der Waals surface area contributed by atoms with E-state index in [0.29, 0.717) is 58.5 Å². The monoisotopic (exact) mass is 549 g/mol. The number of aromatic hydroxyl groups is 1. The zero-order valence-electron chi connectivity index (χ0n) is 21.2. The summed E-state index contributed by atoms with van der Waals surface area (Å²) < 4.78 is 19.5. The highest BCUT2D eigenvalue weighted by Gasteiger charge is 2.26. The van der Waals surface area contributed by atoms with Gasteiger partial charge < -0.3 is 25.4 Å². The lowest BCUT2D eigenvalue weighted by Gasteiger charge is -2.18. The number of nitrogens with zero attached hydrogens (tertiary/aromatic N) is 3. The van der Waals surface area contributed by atoms with E-state index in [1.807, 2.05) is 17.0 Å². The molecule has 1 saturated heterocycles. The van der Waals surface area contributed by atoms with Crippen molar-refractivity contribution in [2.75, 3.05) is 30.4 Å². The van der Waals surface area contributed by atoms with Crippen molar-refractivity contribution in [3.8, 4) is 16.9 Å². The number of hydrogen-bond donors (Lipinski definition) is 3. The molecular weight excluding hydrogens is 525 g/mol.